The Morgan fingerprint density at radius 3 is 2.56 bits per heavy atom. The third kappa shape index (κ3) is 3.45. The predicted octanol–water partition coefficient (Wildman–Crippen LogP) is 7.22. The van der Waals surface area contributed by atoms with Crippen molar-refractivity contribution in [3.63, 3.8) is 0 Å². The van der Waals surface area contributed by atoms with E-state index in [9.17, 15) is 8.78 Å². The lowest BCUT2D eigenvalue weighted by Gasteiger charge is -2.42. The van der Waals surface area contributed by atoms with Gasteiger partial charge in [0.2, 0.25) is 0 Å². The second-order valence-corrected chi connectivity index (χ2v) is 8.37. The van der Waals surface area contributed by atoms with E-state index < -0.39 is 11.6 Å². The molecule has 2 aromatic carbocycles. The summed E-state index contributed by atoms with van der Waals surface area (Å²) in [6, 6.07) is 8.36. The van der Waals surface area contributed by atoms with Gasteiger partial charge in [0.05, 0.1) is 0 Å². The van der Waals surface area contributed by atoms with E-state index in [4.69, 9.17) is 0 Å². The Bertz CT molecular complexity index is 751. The fourth-order valence-electron chi connectivity index (χ4n) is 5.52. The van der Waals surface area contributed by atoms with Gasteiger partial charge in [0, 0.05) is 11.5 Å². The van der Waals surface area contributed by atoms with Crippen LogP contribution in [-0.2, 0) is 0 Å². The standard InChI is InChI=1S/C23H28F2/c1-2-3-15-4-5-17-11-18(7-6-16(17)10-15)19-8-9-22-20(12-19)13-21(24)14-23(22)25/h8-9,12-18H,2-7,10-11H2,1H3. The molecule has 0 nitrogen and oxygen atoms in total. The van der Waals surface area contributed by atoms with Crippen LogP contribution >= 0.6 is 0 Å². The molecule has 25 heavy (non-hydrogen) atoms. The van der Waals surface area contributed by atoms with Gasteiger partial charge in [-0.25, -0.2) is 8.78 Å². The first-order valence-corrected chi connectivity index (χ1v) is 10.0. The molecule has 134 valence electrons. The molecule has 2 heteroatoms. The zero-order chi connectivity index (χ0) is 17.4. The summed E-state index contributed by atoms with van der Waals surface area (Å²) in [6.07, 6.45) is 10.7. The summed E-state index contributed by atoms with van der Waals surface area (Å²) < 4.78 is 27.5. The molecule has 0 aromatic heterocycles. The van der Waals surface area contributed by atoms with Crippen LogP contribution in [0, 0.1) is 29.4 Å². The fourth-order valence-corrected chi connectivity index (χ4v) is 5.52. The molecule has 0 heterocycles. The van der Waals surface area contributed by atoms with Crippen LogP contribution in [0.15, 0.2) is 30.3 Å². The molecule has 2 aliphatic rings. The second-order valence-electron chi connectivity index (χ2n) is 8.37. The highest BCUT2D eigenvalue weighted by Gasteiger charge is 2.35. The number of rotatable bonds is 3. The highest BCUT2D eigenvalue weighted by molar-refractivity contribution is 5.84. The van der Waals surface area contributed by atoms with Gasteiger partial charge in [-0.3, -0.25) is 0 Å². The first kappa shape index (κ1) is 17.0. The minimum Gasteiger partial charge on any atom is -0.207 e. The Kier molecular flexibility index (Phi) is 4.80. The third-order valence-corrected chi connectivity index (χ3v) is 6.78. The SMILES string of the molecule is CCCC1CCC2CC(c3ccc4c(F)cc(F)cc4c3)CCC2C1. The number of halogens is 2. The summed E-state index contributed by atoms with van der Waals surface area (Å²) in [5.41, 5.74) is 1.27. The van der Waals surface area contributed by atoms with Crippen LogP contribution in [0.2, 0.25) is 0 Å². The molecule has 2 saturated carbocycles. The lowest BCUT2D eigenvalue weighted by Crippen LogP contribution is -2.30. The van der Waals surface area contributed by atoms with Crippen molar-refractivity contribution in [1.82, 2.24) is 0 Å². The summed E-state index contributed by atoms with van der Waals surface area (Å²) >= 11 is 0. The van der Waals surface area contributed by atoms with E-state index in [0.29, 0.717) is 16.7 Å². The fraction of sp³-hybridized carbons (Fsp3) is 0.565. The van der Waals surface area contributed by atoms with Gasteiger partial charge in [0.15, 0.2) is 0 Å². The molecule has 4 unspecified atom stereocenters. The molecule has 2 aliphatic carbocycles. The highest BCUT2D eigenvalue weighted by atomic mass is 19.1. The number of hydrogen-bond donors (Lipinski definition) is 0. The van der Waals surface area contributed by atoms with Gasteiger partial charge in [-0.2, -0.15) is 0 Å². The van der Waals surface area contributed by atoms with Gasteiger partial charge in [0.25, 0.3) is 0 Å². The monoisotopic (exact) mass is 342 g/mol. The first-order valence-electron chi connectivity index (χ1n) is 10.0. The molecule has 0 radical (unpaired) electrons. The zero-order valence-corrected chi connectivity index (χ0v) is 15.1. The van der Waals surface area contributed by atoms with Crippen molar-refractivity contribution in [2.75, 3.05) is 0 Å². The van der Waals surface area contributed by atoms with Crippen molar-refractivity contribution in [1.29, 1.82) is 0 Å². The van der Waals surface area contributed by atoms with Crippen LogP contribution in [0.4, 0.5) is 8.78 Å². The highest BCUT2D eigenvalue weighted by Crippen LogP contribution is 2.48. The Hall–Kier alpha value is -1.44. The zero-order valence-electron chi connectivity index (χ0n) is 15.1. The Morgan fingerprint density at radius 1 is 0.920 bits per heavy atom. The van der Waals surface area contributed by atoms with Crippen LogP contribution in [-0.4, -0.2) is 0 Å². The topological polar surface area (TPSA) is 0 Å². The summed E-state index contributed by atoms with van der Waals surface area (Å²) in [5, 5.41) is 1.22. The number of hydrogen-bond acceptors (Lipinski definition) is 0. The lowest BCUT2D eigenvalue weighted by molar-refractivity contribution is 0.114. The molecule has 0 N–H and O–H groups in total. The molecule has 0 saturated heterocycles. The lowest BCUT2D eigenvalue weighted by atomic mass is 9.63. The van der Waals surface area contributed by atoms with E-state index in [1.807, 2.05) is 12.1 Å². The van der Waals surface area contributed by atoms with Crippen molar-refractivity contribution < 1.29 is 8.78 Å². The number of fused-ring (bicyclic) bond motifs is 2. The van der Waals surface area contributed by atoms with Gasteiger partial charge in [-0.05, 0) is 72.8 Å². The quantitative estimate of drug-likeness (QED) is 0.552. The Morgan fingerprint density at radius 2 is 1.72 bits per heavy atom. The van der Waals surface area contributed by atoms with E-state index in [1.54, 1.807) is 0 Å². The Balaban J connectivity index is 1.51. The van der Waals surface area contributed by atoms with Crippen LogP contribution in [0.3, 0.4) is 0 Å². The maximum atomic E-state index is 13.9. The molecule has 2 fully saturated rings. The van der Waals surface area contributed by atoms with Crippen molar-refractivity contribution >= 4 is 10.8 Å². The van der Waals surface area contributed by atoms with Gasteiger partial charge in [-0.15, -0.1) is 0 Å². The summed E-state index contributed by atoms with van der Waals surface area (Å²) in [5.74, 6) is 2.33. The largest absolute Gasteiger partial charge is 0.207 e. The van der Waals surface area contributed by atoms with E-state index in [-0.39, 0.29) is 0 Å². The maximum Gasteiger partial charge on any atom is 0.133 e. The van der Waals surface area contributed by atoms with E-state index in [1.165, 1.54) is 63.0 Å². The van der Waals surface area contributed by atoms with E-state index in [2.05, 4.69) is 13.0 Å². The minimum absolute atomic E-state index is 0.459. The van der Waals surface area contributed by atoms with Crippen molar-refractivity contribution in [2.24, 2.45) is 17.8 Å². The first-order chi connectivity index (χ1) is 12.1. The summed E-state index contributed by atoms with van der Waals surface area (Å²) in [6.45, 7) is 2.30. The van der Waals surface area contributed by atoms with Crippen LogP contribution in [0.1, 0.15) is 69.8 Å². The molecule has 0 spiro atoms. The maximum absolute atomic E-state index is 13.9. The average Bonchev–Trinajstić information content (AvgIpc) is 2.61. The third-order valence-electron chi connectivity index (χ3n) is 6.78. The van der Waals surface area contributed by atoms with Crippen molar-refractivity contribution in [2.45, 2.75) is 64.2 Å². The molecular weight excluding hydrogens is 314 g/mol. The molecule has 2 aromatic rings. The van der Waals surface area contributed by atoms with Crippen LogP contribution < -0.4 is 0 Å². The van der Waals surface area contributed by atoms with Gasteiger partial charge < -0.3 is 0 Å². The molecule has 0 amide bonds. The van der Waals surface area contributed by atoms with Gasteiger partial charge in [0.1, 0.15) is 11.6 Å². The summed E-state index contributed by atoms with van der Waals surface area (Å²) in [4.78, 5) is 0. The molecular formula is C23H28F2. The smallest absolute Gasteiger partial charge is 0.133 e. The normalized spacial score (nSPS) is 29.6. The van der Waals surface area contributed by atoms with Gasteiger partial charge >= 0.3 is 0 Å². The summed E-state index contributed by atoms with van der Waals surface area (Å²) in [7, 11) is 0. The van der Waals surface area contributed by atoms with Crippen LogP contribution in [0.5, 0.6) is 0 Å². The van der Waals surface area contributed by atoms with E-state index in [0.717, 1.165) is 23.8 Å². The van der Waals surface area contributed by atoms with Crippen molar-refractivity contribution in [3.8, 4) is 0 Å². The van der Waals surface area contributed by atoms with Crippen LogP contribution in [0.25, 0.3) is 10.8 Å². The Labute approximate surface area is 149 Å². The van der Waals surface area contributed by atoms with Gasteiger partial charge in [-0.1, -0.05) is 44.4 Å². The molecule has 4 atom stereocenters. The average molecular weight is 342 g/mol. The molecule has 0 aliphatic heterocycles. The predicted molar refractivity (Wildman–Crippen MR) is 99.7 cm³/mol. The second kappa shape index (κ2) is 7.05. The van der Waals surface area contributed by atoms with Crippen molar-refractivity contribution in [3.05, 3.63) is 47.5 Å². The molecule has 4 rings (SSSR count). The number of benzene rings is 2. The molecule has 0 bridgehead atoms. The minimum atomic E-state index is -0.486. The van der Waals surface area contributed by atoms with E-state index >= 15 is 0 Å².